The van der Waals surface area contributed by atoms with Gasteiger partial charge in [0.15, 0.2) is 0 Å². The molecule has 0 unspecified atom stereocenters. The van der Waals surface area contributed by atoms with Gasteiger partial charge in [-0.2, -0.15) is 0 Å². The van der Waals surface area contributed by atoms with E-state index in [0.717, 1.165) is 19.4 Å². The van der Waals surface area contributed by atoms with Crippen LogP contribution in [0.15, 0.2) is 0 Å². The minimum absolute atomic E-state index is 0.255. The summed E-state index contributed by atoms with van der Waals surface area (Å²) in [6.45, 7) is 11.7. The first-order valence-electron chi connectivity index (χ1n) is 12.5. The SMILES string of the molecule is CCCCCCCCCCCCCCCCNC1CC(C)(C)N([O])C(C)(C)C1. The van der Waals surface area contributed by atoms with E-state index in [1.165, 1.54) is 95.0 Å². The van der Waals surface area contributed by atoms with Gasteiger partial charge in [-0.1, -0.05) is 90.4 Å². The van der Waals surface area contributed by atoms with Gasteiger partial charge in [0.1, 0.15) is 0 Å². The average molecular weight is 396 g/mol. The van der Waals surface area contributed by atoms with Crippen molar-refractivity contribution < 1.29 is 5.21 Å². The zero-order valence-electron chi connectivity index (χ0n) is 20.0. The Morgan fingerprint density at radius 2 is 1.04 bits per heavy atom. The van der Waals surface area contributed by atoms with Gasteiger partial charge in [0.2, 0.25) is 0 Å². The van der Waals surface area contributed by atoms with Crippen LogP contribution in [0, 0.1) is 0 Å². The first kappa shape index (κ1) is 25.9. The molecule has 0 aliphatic carbocycles. The van der Waals surface area contributed by atoms with Crippen molar-refractivity contribution in [2.75, 3.05) is 6.54 Å². The second kappa shape index (κ2) is 14.0. The molecular weight excluding hydrogens is 344 g/mol. The minimum Gasteiger partial charge on any atom is -0.314 e. The lowest BCUT2D eigenvalue weighted by atomic mass is 9.79. The maximum absolute atomic E-state index is 12.4. The minimum atomic E-state index is -0.255. The molecule has 1 aliphatic rings. The van der Waals surface area contributed by atoms with Gasteiger partial charge < -0.3 is 5.32 Å². The largest absolute Gasteiger partial charge is 0.314 e. The average Bonchev–Trinajstić information content (AvgIpc) is 2.62. The second-order valence-electron chi connectivity index (χ2n) is 10.6. The van der Waals surface area contributed by atoms with Crippen molar-refractivity contribution in [3.05, 3.63) is 0 Å². The standard InChI is InChI=1S/C25H51N2O/c1-6-7-8-9-10-11-12-13-14-15-16-17-18-19-20-26-23-21-24(2,3)27(28)25(4,5)22-23/h23,26H,6-22H2,1-5H3. The Bertz CT molecular complexity index is 363. The van der Waals surface area contributed by atoms with E-state index < -0.39 is 0 Å². The predicted octanol–water partition coefficient (Wildman–Crippen LogP) is 7.42. The van der Waals surface area contributed by atoms with E-state index in [4.69, 9.17) is 0 Å². The van der Waals surface area contributed by atoms with Gasteiger partial charge in [0.05, 0.1) is 0 Å². The monoisotopic (exact) mass is 395 g/mol. The molecule has 167 valence electrons. The van der Waals surface area contributed by atoms with Crippen LogP contribution in [0.1, 0.15) is 137 Å². The molecule has 3 nitrogen and oxygen atoms in total. The number of hydroxylamine groups is 2. The third kappa shape index (κ3) is 10.6. The summed E-state index contributed by atoms with van der Waals surface area (Å²) in [7, 11) is 0. The maximum Gasteiger partial charge on any atom is 0.0458 e. The Hall–Kier alpha value is -0.120. The molecule has 1 radical (unpaired) electrons. The fourth-order valence-electron chi connectivity index (χ4n) is 5.03. The lowest BCUT2D eigenvalue weighted by Crippen LogP contribution is -2.61. The molecule has 1 saturated heterocycles. The summed E-state index contributed by atoms with van der Waals surface area (Å²) in [5.41, 5.74) is -0.510. The molecule has 0 aromatic rings. The number of nitrogens with zero attached hydrogens (tertiary/aromatic N) is 1. The lowest BCUT2D eigenvalue weighted by molar-refractivity contribution is -0.290. The summed E-state index contributed by atoms with van der Waals surface area (Å²) in [5.74, 6) is 0. The summed E-state index contributed by atoms with van der Waals surface area (Å²) in [4.78, 5) is 0. The van der Waals surface area contributed by atoms with E-state index in [-0.39, 0.29) is 11.1 Å². The van der Waals surface area contributed by atoms with Gasteiger partial charge in [-0.05, 0) is 53.5 Å². The lowest BCUT2D eigenvalue weighted by Gasteiger charge is -2.50. The van der Waals surface area contributed by atoms with Crippen LogP contribution >= 0.6 is 0 Å². The van der Waals surface area contributed by atoms with Crippen molar-refractivity contribution in [3.63, 3.8) is 0 Å². The number of nitrogens with one attached hydrogen (secondary N) is 1. The van der Waals surface area contributed by atoms with Gasteiger partial charge in [-0.3, -0.25) is 0 Å². The normalized spacial score (nSPS) is 19.9. The first-order valence-corrected chi connectivity index (χ1v) is 12.5. The number of unbranched alkanes of at least 4 members (excludes halogenated alkanes) is 13. The highest BCUT2D eigenvalue weighted by Gasteiger charge is 2.45. The zero-order valence-corrected chi connectivity index (χ0v) is 20.0. The Kier molecular flexibility index (Phi) is 12.9. The molecule has 28 heavy (non-hydrogen) atoms. The molecule has 3 heteroatoms. The van der Waals surface area contributed by atoms with Gasteiger partial charge in [-0.25, -0.2) is 0 Å². The molecule has 0 amide bonds. The van der Waals surface area contributed by atoms with E-state index in [1.807, 2.05) is 0 Å². The number of piperidine rings is 1. The molecule has 0 bridgehead atoms. The molecule has 1 N–H and O–H groups in total. The number of rotatable bonds is 16. The third-order valence-electron chi connectivity index (χ3n) is 6.55. The summed E-state index contributed by atoms with van der Waals surface area (Å²) < 4.78 is 0. The molecule has 1 heterocycles. The molecule has 1 aliphatic heterocycles. The number of hydrogen-bond donors (Lipinski definition) is 1. The molecule has 1 rings (SSSR count). The van der Waals surface area contributed by atoms with Crippen molar-refractivity contribution >= 4 is 0 Å². The van der Waals surface area contributed by atoms with Crippen molar-refractivity contribution in [1.29, 1.82) is 0 Å². The van der Waals surface area contributed by atoms with Gasteiger partial charge in [0.25, 0.3) is 0 Å². The van der Waals surface area contributed by atoms with Crippen LogP contribution in [0.3, 0.4) is 0 Å². The fourth-order valence-corrected chi connectivity index (χ4v) is 5.03. The van der Waals surface area contributed by atoms with Crippen molar-refractivity contribution in [3.8, 4) is 0 Å². The highest BCUT2D eigenvalue weighted by atomic mass is 16.5. The Morgan fingerprint density at radius 1 is 0.679 bits per heavy atom. The van der Waals surface area contributed by atoms with E-state index in [0.29, 0.717) is 6.04 Å². The zero-order chi connectivity index (χ0) is 20.9. The van der Waals surface area contributed by atoms with E-state index in [1.54, 1.807) is 0 Å². The van der Waals surface area contributed by atoms with Crippen LogP contribution in [-0.2, 0) is 5.21 Å². The van der Waals surface area contributed by atoms with Crippen LogP contribution in [0.4, 0.5) is 0 Å². The molecule has 0 aromatic heterocycles. The Morgan fingerprint density at radius 3 is 1.43 bits per heavy atom. The smallest absolute Gasteiger partial charge is 0.0458 e. The molecular formula is C25H51N2O. The summed E-state index contributed by atoms with van der Waals surface area (Å²) in [6.07, 6.45) is 21.7. The summed E-state index contributed by atoms with van der Waals surface area (Å²) in [6, 6.07) is 0.483. The van der Waals surface area contributed by atoms with Gasteiger partial charge >= 0.3 is 0 Å². The first-order chi connectivity index (χ1) is 13.3. The molecule has 0 spiro atoms. The summed E-state index contributed by atoms with van der Waals surface area (Å²) in [5, 5.41) is 17.5. The van der Waals surface area contributed by atoms with E-state index in [9.17, 15) is 5.21 Å². The van der Waals surface area contributed by atoms with E-state index in [2.05, 4.69) is 39.9 Å². The predicted molar refractivity (Wildman–Crippen MR) is 122 cm³/mol. The topological polar surface area (TPSA) is 35.2 Å². The Labute approximate surface area is 177 Å². The molecule has 0 atom stereocenters. The molecule has 0 saturated carbocycles. The third-order valence-corrected chi connectivity index (χ3v) is 6.55. The maximum atomic E-state index is 12.4. The molecule has 0 aromatic carbocycles. The van der Waals surface area contributed by atoms with E-state index >= 15 is 0 Å². The van der Waals surface area contributed by atoms with Crippen LogP contribution in [0.2, 0.25) is 0 Å². The van der Waals surface area contributed by atoms with Crippen LogP contribution in [-0.4, -0.2) is 28.7 Å². The number of hydrogen-bond acceptors (Lipinski definition) is 2. The van der Waals surface area contributed by atoms with Crippen LogP contribution < -0.4 is 5.32 Å². The highest BCUT2D eigenvalue weighted by Crippen LogP contribution is 2.36. The van der Waals surface area contributed by atoms with Crippen molar-refractivity contribution in [1.82, 2.24) is 10.4 Å². The van der Waals surface area contributed by atoms with Gasteiger partial charge in [-0.15, -0.1) is 10.3 Å². The summed E-state index contributed by atoms with van der Waals surface area (Å²) >= 11 is 0. The molecule has 1 fully saturated rings. The highest BCUT2D eigenvalue weighted by molar-refractivity contribution is 4.98. The van der Waals surface area contributed by atoms with Crippen LogP contribution in [0.25, 0.3) is 0 Å². The fraction of sp³-hybridized carbons (Fsp3) is 1.00. The van der Waals surface area contributed by atoms with Gasteiger partial charge in [0, 0.05) is 17.1 Å². The Balaban J connectivity index is 1.91. The second-order valence-corrected chi connectivity index (χ2v) is 10.6. The quantitative estimate of drug-likeness (QED) is 0.276. The van der Waals surface area contributed by atoms with Crippen molar-refractivity contribution in [2.24, 2.45) is 0 Å². The van der Waals surface area contributed by atoms with Crippen LogP contribution in [0.5, 0.6) is 0 Å². The van der Waals surface area contributed by atoms with Crippen molar-refractivity contribution in [2.45, 2.75) is 154 Å².